The fourth-order valence-corrected chi connectivity index (χ4v) is 3.38. The first-order valence-corrected chi connectivity index (χ1v) is 9.95. The molecule has 1 aliphatic carbocycles. The molecule has 7 heteroatoms. The molecular formula is C22H26ClN3O3. The van der Waals surface area contributed by atoms with Crippen LogP contribution < -0.4 is 15.4 Å². The highest BCUT2D eigenvalue weighted by atomic mass is 35.5. The number of hydrogen-bond acceptors (Lipinski definition) is 4. The smallest absolute Gasteiger partial charge is 0.255 e. The molecule has 2 amide bonds. The highest BCUT2D eigenvalue weighted by Crippen LogP contribution is 2.41. The highest BCUT2D eigenvalue weighted by molar-refractivity contribution is 6.31. The highest BCUT2D eigenvalue weighted by Gasteiger charge is 2.33. The van der Waals surface area contributed by atoms with Crippen LogP contribution in [-0.2, 0) is 4.79 Å². The first kappa shape index (κ1) is 21.0. The SMILES string of the molecule is COc1ccc(C(NC(=O)CNc2cc(Cl)ccc2C(=O)N(C)C)C2CC2)cc1. The maximum atomic E-state index is 12.6. The van der Waals surface area contributed by atoms with Crippen molar-refractivity contribution in [2.45, 2.75) is 18.9 Å². The Hall–Kier alpha value is -2.73. The van der Waals surface area contributed by atoms with Gasteiger partial charge in [0, 0.05) is 24.8 Å². The Labute approximate surface area is 176 Å². The van der Waals surface area contributed by atoms with E-state index in [0.29, 0.717) is 22.2 Å². The van der Waals surface area contributed by atoms with Gasteiger partial charge in [0.2, 0.25) is 5.91 Å². The average molecular weight is 416 g/mol. The summed E-state index contributed by atoms with van der Waals surface area (Å²) in [4.78, 5) is 26.5. The Morgan fingerprint density at radius 3 is 2.45 bits per heavy atom. The van der Waals surface area contributed by atoms with Gasteiger partial charge >= 0.3 is 0 Å². The van der Waals surface area contributed by atoms with Crippen molar-refractivity contribution in [3.63, 3.8) is 0 Å². The third-order valence-corrected chi connectivity index (χ3v) is 5.18. The minimum atomic E-state index is -0.154. The normalized spacial score (nSPS) is 14.1. The van der Waals surface area contributed by atoms with Crippen molar-refractivity contribution in [2.24, 2.45) is 5.92 Å². The molecule has 0 radical (unpaired) electrons. The number of hydrogen-bond donors (Lipinski definition) is 2. The van der Waals surface area contributed by atoms with Crippen LogP contribution in [0.25, 0.3) is 0 Å². The van der Waals surface area contributed by atoms with Gasteiger partial charge < -0.3 is 20.3 Å². The van der Waals surface area contributed by atoms with Crippen LogP contribution >= 0.6 is 11.6 Å². The monoisotopic (exact) mass is 415 g/mol. The van der Waals surface area contributed by atoms with Crippen LogP contribution in [0.1, 0.15) is 34.8 Å². The van der Waals surface area contributed by atoms with Crippen molar-refractivity contribution < 1.29 is 14.3 Å². The summed E-state index contributed by atoms with van der Waals surface area (Å²) in [5.41, 5.74) is 2.08. The second kappa shape index (κ2) is 9.18. The molecule has 2 aromatic rings. The molecule has 3 rings (SSSR count). The molecule has 1 aliphatic rings. The van der Waals surface area contributed by atoms with Gasteiger partial charge in [-0.3, -0.25) is 9.59 Å². The number of methoxy groups -OCH3 is 1. The van der Waals surface area contributed by atoms with E-state index in [9.17, 15) is 9.59 Å². The molecule has 154 valence electrons. The lowest BCUT2D eigenvalue weighted by molar-refractivity contribution is -0.120. The van der Waals surface area contributed by atoms with Crippen molar-refractivity contribution in [1.29, 1.82) is 0 Å². The average Bonchev–Trinajstić information content (AvgIpc) is 3.55. The number of nitrogens with one attached hydrogen (secondary N) is 2. The predicted octanol–water partition coefficient (Wildman–Crippen LogP) is 3.73. The zero-order valence-electron chi connectivity index (χ0n) is 16.9. The third-order valence-electron chi connectivity index (χ3n) is 4.94. The minimum Gasteiger partial charge on any atom is -0.497 e. The number of halogens is 1. The first-order valence-electron chi connectivity index (χ1n) is 9.57. The number of anilines is 1. The molecule has 2 aromatic carbocycles. The number of nitrogens with zero attached hydrogens (tertiary/aromatic N) is 1. The van der Waals surface area contributed by atoms with E-state index in [1.54, 1.807) is 39.4 Å². The van der Waals surface area contributed by atoms with Crippen LogP contribution in [0.15, 0.2) is 42.5 Å². The lowest BCUT2D eigenvalue weighted by Crippen LogP contribution is -2.34. The molecule has 2 N–H and O–H groups in total. The summed E-state index contributed by atoms with van der Waals surface area (Å²) in [6.45, 7) is 0.0490. The molecular weight excluding hydrogens is 390 g/mol. The minimum absolute atomic E-state index is 0.0301. The third kappa shape index (κ3) is 5.41. The number of carbonyl (C=O) groups excluding carboxylic acids is 2. The predicted molar refractivity (Wildman–Crippen MR) is 115 cm³/mol. The van der Waals surface area contributed by atoms with Crippen molar-refractivity contribution in [2.75, 3.05) is 33.1 Å². The van der Waals surface area contributed by atoms with Crippen LogP contribution in [-0.4, -0.2) is 44.5 Å². The summed E-state index contributed by atoms with van der Waals surface area (Å²) in [5.74, 6) is 0.944. The zero-order chi connectivity index (χ0) is 21.0. The van der Waals surface area contributed by atoms with E-state index in [2.05, 4.69) is 10.6 Å². The van der Waals surface area contributed by atoms with Crippen LogP contribution in [0.5, 0.6) is 5.75 Å². The lowest BCUT2D eigenvalue weighted by Gasteiger charge is -2.20. The van der Waals surface area contributed by atoms with E-state index in [4.69, 9.17) is 16.3 Å². The molecule has 0 aliphatic heterocycles. The lowest BCUT2D eigenvalue weighted by atomic mass is 10.0. The van der Waals surface area contributed by atoms with Crippen molar-refractivity contribution in [3.05, 3.63) is 58.6 Å². The van der Waals surface area contributed by atoms with Crippen molar-refractivity contribution >= 4 is 29.1 Å². The van der Waals surface area contributed by atoms with E-state index in [-0.39, 0.29) is 24.4 Å². The molecule has 0 aromatic heterocycles. The van der Waals surface area contributed by atoms with Gasteiger partial charge in [0.05, 0.1) is 25.3 Å². The van der Waals surface area contributed by atoms with E-state index in [0.717, 1.165) is 24.2 Å². The van der Waals surface area contributed by atoms with Gasteiger partial charge in [0.1, 0.15) is 5.75 Å². The van der Waals surface area contributed by atoms with Crippen LogP contribution in [0, 0.1) is 5.92 Å². The van der Waals surface area contributed by atoms with Gasteiger partial charge in [0.25, 0.3) is 5.91 Å². The fourth-order valence-electron chi connectivity index (χ4n) is 3.20. The zero-order valence-corrected chi connectivity index (χ0v) is 17.6. The number of rotatable bonds is 8. The Bertz CT molecular complexity index is 879. The second-order valence-electron chi connectivity index (χ2n) is 7.40. The molecule has 0 heterocycles. The van der Waals surface area contributed by atoms with E-state index >= 15 is 0 Å². The Morgan fingerprint density at radius 1 is 1.17 bits per heavy atom. The van der Waals surface area contributed by atoms with Gasteiger partial charge in [-0.15, -0.1) is 0 Å². The molecule has 0 bridgehead atoms. The molecule has 1 fully saturated rings. The molecule has 1 unspecified atom stereocenters. The molecule has 0 spiro atoms. The molecule has 1 atom stereocenters. The van der Waals surface area contributed by atoms with Crippen LogP contribution in [0.4, 0.5) is 5.69 Å². The van der Waals surface area contributed by atoms with Gasteiger partial charge in [-0.1, -0.05) is 23.7 Å². The Kier molecular flexibility index (Phi) is 6.64. The largest absolute Gasteiger partial charge is 0.497 e. The Balaban J connectivity index is 1.67. The van der Waals surface area contributed by atoms with E-state index < -0.39 is 0 Å². The topological polar surface area (TPSA) is 70.7 Å². The first-order chi connectivity index (χ1) is 13.9. The van der Waals surface area contributed by atoms with E-state index in [1.165, 1.54) is 4.90 Å². The summed E-state index contributed by atoms with van der Waals surface area (Å²) in [5, 5.41) is 6.68. The number of carbonyl (C=O) groups is 2. The fraction of sp³-hybridized carbons (Fsp3) is 0.364. The number of benzene rings is 2. The quantitative estimate of drug-likeness (QED) is 0.689. The van der Waals surface area contributed by atoms with Gasteiger partial charge in [-0.05, 0) is 54.7 Å². The maximum absolute atomic E-state index is 12.6. The van der Waals surface area contributed by atoms with Crippen LogP contribution in [0.2, 0.25) is 5.02 Å². The Morgan fingerprint density at radius 2 is 1.86 bits per heavy atom. The second-order valence-corrected chi connectivity index (χ2v) is 7.84. The summed E-state index contributed by atoms with van der Waals surface area (Å²) < 4.78 is 5.21. The maximum Gasteiger partial charge on any atom is 0.255 e. The van der Waals surface area contributed by atoms with Crippen molar-refractivity contribution in [1.82, 2.24) is 10.2 Å². The van der Waals surface area contributed by atoms with Gasteiger partial charge in [-0.2, -0.15) is 0 Å². The van der Waals surface area contributed by atoms with E-state index in [1.807, 2.05) is 24.3 Å². The molecule has 0 saturated heterocycles. The van der Waals surface area contributed by atoms with Gasteiger partial charge in [-0.25, -0.2) is 0 Å². The van der Waals surface area contributed by atoms with Crippen molar-refractivity contribution in [3.8, 4) is 5.75 Å². The molecule has 1 saturated carbocycles. The number of amides is 2. The molecule has 6 nitrogen and oxygen atoms in total. The molecule has 29 heavy (non-hydrogen) atoms. The van der Waals surface area contributed by atoms with Crippen LogP contribution in [0.3, 0.4) is 0 Å². The van der Waals surface area contributed by atoms with Gasteiger partial charge in [0.15, 0.2) is 0 Å². The number of ether oxygens (including phenoxy) is 1. The standard InChI is InChI=1S/C22H26ClN3O3/c1-26(2)22(28)18-11-8-16(23)12-19(18)24-13-20(27)25-21(14-4-5-14)15-6-9-17(29-3)10-7-15/h6-12,14,21,24H,4-5,13H2,1-3H3,(H,25,27). The summed E-state index contributed by atoms with van der Waals surface area (Å²) >= 11 is 6.08. The summed E-state index contributed by atoms with van der Waals surface area (Å²) in [7, 11) is 5.00. The summed E-state index contributed by atoms with van der Waals surface area (Å²) in [6.07, 6.45) is 2.19. The summed E-state index contributed by atoms with van der Waals surface area (Å²) in [6, 6.07) is 12.7.